The van der Waals surface area contributed by atoms with Crippen LogP contribution in [0.1, 0.15) is 11.7 Å². The lowest BCUT2D eigenvalue weighted by Crippen LogP contribution is -2.48. The van der Waals surface area contributed by atoms with Gasteiger partial charge in [-0.3, -0.25) is 9.80 Å². The molecule has 1 saturated heterocycles. The largest absolute Gasteiger partial charge is 0.395 e. The summed E-state index contributed by atoms with van der Waals surface area (Å²) in [6.07, 6.45) is -0.543. The zero-order chi connectivity index (χ0) is 13.7. The van der Waals surface area contributed by atoms with Gasteiger partial charge in [-0.2, -0.15) is 0 Å². The quantitative estimate of drug-likeness (QED) is 0.846. The number of halogens is 1. The van der Waals surface area contributed by atoms with E-state index in [1.165, 1.54) is 0 Å². The number of hydrogen-bond acceptors (Lipinski definition) is 4. The summed E-state index contributed by atoms with van der Waals surface area (Å²) in [7, 11) is 0. The molecule has 1 aliphatic rings. The van der Waals surface area contributed by atoms with Crippen molar-refractivity contribution in [2.24, 2.45) is 0 Å². The van der Waals surface area contributed by atoms with Crippen LogP contribution in [-0.4, -0.2) is 65.9 Å². The van der Waals surface area contributed by atoms with Crippen LogP contribution in [0.25, 0.3) is 0 Å². The zero-order valence-corrected chi connectivity index (χ0v) is 11.8. The highest BCUT2D eigenvalue weighted by molar-refractivity contribution is 6.31. The monoisotopic (exact) mass is 284 g/mol. The van der Waals surface area contributed by atoms with Gasteiger partial charge in [-0.25, -0.2) is 0 Å². The Kier molecular flexibility index (Phi) is 5.60. The van der Waals surface area contributed by atoms with E-state index < -0.39 is 6.10 Å². The van der Waals surface area contributed by atoms with Crippen molar-refractivity contribution < 1.29 is 10.2 Å². The first-order valence-electron chi connectivity index (χ1n) is 6.69. The summed E-state index contributed by atoms with van der Waals surface area (Å²) < 4.78 is 0. The minimum Gasteiger partial charge on any atom is -0.395 e. The van der Waals surface area contributed by atoms with Crippen LogP contribution in [0, 0.1) is 0 Å². The average Bonchev–Trinajstić information content (AvgIpc) is 2.42. The fourth-order valence-electron chi connectivity index (χ4n) is 2.43. The first kappa shape index (κ1) is 14.8. The summed E-state index contributed by atoms with van der Waals surface area (Å²) in [6, 6.07) is 7.43. The maximum atomic E-state index is 10.2. The van der Waals surface area contributed by atoms with E-state index in [0.29, 0.717) is 11.6 Å². The van der Waals surface area contributed by atoms with Gasteiger partial charge in [0.2, 0.25) is 0 Å². The highest BCUT2D eigenvalue weighted by atomic mass is 35.5. The number of aliphatic hydroxyl groups excluding tert-OH is 2. The van der Waals surface area contributed by atoms with E-state index in [4.69, 9.17) is 16.7 Å². The smallest absolute Gasteiger partial charge is 0.0931 e. The first-order valence-corrected chi connectivity index (χ1v) is 7.06. The number of hydrogen-bond donors (Lipinski definition) is 2. The standard InChI is InChI=1S/C14H21ClN2O2/c15-13-4-2-1-3-12(13)14(19)11-17-7-5-16(6-8-17)9-10-18/h1-4,14,18-19H,5-11H2/t14-/m0/s1. The van der Waals surface area contributed by atoms with E-state index in [9.17, 15) is 5.11 Å². The van der Waals surface area contributed by atoms with Crippen LogP contribution in [-0.2, 0) is 0 Å². The molecular formula is C14H21ClN2O2. The van der Waals surface area contributed by atoms with Gasteiger partial charge in [0.05, 0.1) is 12.7 Å². The lowest BCUT2D eigenvalue weighted by molar-refractivity contribution is 0.0661. The number of nitrogens with zero attached hydrogens (tertiary/aromatic N) is 2. The van der Waals surface area contributed by atoms with Crippen LogP contribution in [0.2, 0.25) is 5.02 Å². The van der Waals surface area contributed by atoms with Gasteiger partial charge in [0.1, 0.15) is 0 Å². The molecule has 2 N–H and O–H groups in total. The Morgan fingerprint density at radius 2 is 1.74 bits per heavy atom. The molecule has 0 unspecified atom stereocenters. The molecule has 0 saturated carbocycles. The SMILES string of the molecule is OCCN1CCN(C[C@H](O)c2ccccc2Cl)CC1. The number of benzene rings is 1. The van der Waals surface area contributed by atoms with Crippen LogP contribution < -0.4 is 0 Å². The maximum absolute atomic E-state index is 10.2. The summed E-state index contributed by atoms with van der Waals surface area (Å²) in [5.41, 5.74) is 0.793. The summed E-state index contributed by atoms with van der Waals surface area (Å²) in [5.74, 6) is 0. The molecule has 0 spiro atoms. The molecule has 0 aliphatic carbocycles. The molecule has 19 heavy (non-hydrogen) atoms. The van der Waals surface area contributed by atoms with Gasteiger partial charge in [-0.15, -0.1) is 0 Å². The fraction of sp³-hybridized carbons (Fsp3) is 0.571. The van der Waals surface area contributed by atoms with Crippen LogP contribution in [0.3, 0.4) is 0 Å². The molecule has 1 aromatic carbocycles. The molecule has 2 rings (SSSR count). The number of aliphatic hydroxyl groups is 2. The predicted molar refractivity (Wildman–Crippen MR) is 76.4 cm³/mol. The predicted octanol–water partition coefficient (Wildman–Crippen LogP) is 0.983. The van der Waals surface area contributed by atoms with Gasteiger partial charge in [-0.05, 0) is 6.07 Å². The van der Waals surface area contributed by atoms with E-state index in [1.54, 1.807) is 6.07 Å². The summed E-state index contributed by atoms with van der Waals surface area (Å²) in [4.78, 5) is 4.47. The highest BCUT2D eigenvalue weighted by Crippen LogP contribution is 2.23. The second kappa shape index (κ2) is 7.22. The van der Waals surface area contributed by atoms with E-state index in [0.717, 1.165) is 38.3 Å². The zero-order valence-electron chi connectivity index (χ0n) is 11.0. The van der Waals surface area contributed by atoms with Gasteiger partial charge in [0, 0.05) is 49.9 Å². The Morgan fingerprint density at radius 1 is 1.11 bits per heavy atom. The second-order valence-electron chi connectivity index (χ2n) is 4.90. The van der Waals surface area contributed by atoms with E-state index in [-0.39, 0.29) is 6.61 Å². The lowest BCUT2D eigenvalue weighted by Gasteiger charge is -2.35. The topological polar surface area (TPSA) is 46.9 Å². The van der Waals surface area contributed by atoms with Gasteiger partial charge >= 0.3 is 0 Å². The summed E-state index contributed by atoms with van der Waals surface area (Å²) in [6.45, 7) is 5.27. The average molecular weight is 285 g/mol. The van der Waals surface area contributed by atoms with Gasteiger partial charge < -0.3 is 10.2 Å². The van der Waals surface area contributed by atoms with Gasteiger partial charge in [0.25, 0.3) is 0 Å². The minimum absolute atomic E-state index is 0.211. The maximum Gasteiger partial charge on any atom is 0.0931 e. The van der Waals surface area contributed by atoms with E-state index in [2.05, 4.69) is 9.80 Å². The lowest BCUT2D eigenvalue weighted by atomic mass is 10.1. The molecule has 106 valence electrons. The van der Waals surface area contributed by atoms with Crippen molar-refractivity contribution in [3.8, 4) is 0 Å². The van der Waals surface area contributed by atoms with Crippen molar-refractivity contribution in [3.63, 3.8) is 0 Å². The molecule has 4 nitrogen and oxygen atoms in total. The van der Waals surface area contributed by atoms with Gasteiger partial charge in [0.15, 0.2) is 0 Å². The molecule has 0 aromatic heterocycles. The number of rotatable bonds is 5. The summed E-state index contributed by atoms with van der Waals surface area (Å²) in [5, 5.41) is 19.8. The third-order valence-corrected chi connectivity index (χ3v) is 3.92. The van der Waals surface area contributed by atoms with Crippen molar-refractivity contribution in [1.82, 2.24) is 9.80 Å². The van der Waals surface area contributed by atoms with Crippen LogP contribution in [0.15, 0.2) is 24.3 Å². The Labute approximate surface area is 119 Å². The third kappa shape index (κ3) is 4.16. The van der Waals surface area contributed by atoms with E-state index in [1.807, 2.05) is 18.2 Å². The molecule has 1 fully saturated rings. The molecule has 1 heterocycles. The van der Waals surface area contributed by atoms with Crippen LogP contribution >= 0.6 is 11.6 Å². The first-order chi connectivity index (χ1) is 9.20. The van der Waals surface area contributed by atoms with Gasteiger partial charge in [-0.1, -0.05) is 29.8 Å². The molecule has 1 atom stereocenters. The Balaban J connectivity index is 1.84. The van der Waals surface area contributed by atoms with Crippen molar-refractivity contribution in [2.45, 2.75) is 6.10 Å². The minimum atomic E-state index is -0.543. The van der Waals surface area contributed by atoms with E-state index >= 15 is 0 Å². The second-order valence-corrected chi connectivity index (χ2v) is 5.31. The number of piperazine rings is 1. The highest BCUT2D eigenvalue weighted by Gasteiger charge is 2.20. The Morgan fingerprint density at radius 3 is 2.37 bits per heavy atom. The molecule has 0 amide bonds. The molecule has 1 aliphatic heterocycles. The Bertz CT molecular complexity index is 395. The van der Waals surface area contributed by atoms with Crippen molar-refractivity contribution in [3.05, 3.63) is 34.9 Å². The van der Waals surface area contributed by atoms with Crippen LogP contribution in [0.5, 0.6) is 0 Å². The third-order valence-electron chi connectivity index (χ3n) is 3.58. The van der Waals surface area contributed by atoms with Crippen molar-refractivity contribution in [1.29, 1.82) is 0 Å². The molecular weight excluding hydrogens is 264 g/mol. The fourth-order valence-corrected chi connectivity index (χ4v) is 2.69. The normalized spacial score (nSPS) is 19.5. The molecule has 5 heteroatoms. The van der Waals surface area contributed by atoms with Crippen molar-refractivity contribution in [2.75, 3.05) is 45.9 Å². The molecule has 0 radical (unpaired) electrons. The Hall–Kier alpha value is -0.650. The number of β-amino-alcohol motifs (C(OH)–C–C–N with tert-alkyl or cyclic N) is 2. The van der Waals surface area contributed by atoms with Crippen molar-refractivity contribution >= 4 is 11.6 Å². The van der Waals surface area contributed by atoms with Crippen LogP contribution in [0.4, 0.5) is 0 Å². The summed E-state index contributed by atoms with van der Waals surface area (Å²) >= 11 is 6.09. The molecule has 1 aromatic rings. The molecule has 0 bridgehead atoms.